The maximum absolute atomic E-state index is 12.2. The summed E-state index contributed by atoms with van der Waals surface area (Å²) in [4.78, 5) is 13.6. The highest BCUT2D eigenvalue weighted by atomic mass is 16.2. The predicted octanol–water partition coefficient (Wildman–Crippen LogP) is 1.80. The summed E-state index contributed by atoms with van der Waals surface area (Å²) in [7, 11) is 0. The molecule has 1 aromatic carbocycles. The zero-order valence-corrected chi connectivity index (χ0v) is 13.1. The summed E-state index contributed by atoms with van der Waals surface area (Å²) in [5.74, 6) is 1.58. The molecule has 0 saturated carbocycles. The number of carbonyl (C=O) groups is 1. The fraction of sp³-hybridized carbons (Fsp3) is 0.588. The van der Waals surface area contributed by atoms with Crippen LogP contribution in [0.3, 0.4) is 0 Å². The second kappa shape index (κ2) is 6.40. The van der Waals surface area contributed by atoms with Gasteiger partial charge in [-0.1, -0.05) is 26.0 Å². The number of hydrogen-bond acceptors (Lipinski definition) is 1. The van der Waals surface area contributed by atoms with E-state index in [-0.39, 0.29) is 5.91 Å². The first-order chi connectivity index (χ1) is 9.45. The average Bonchev–Trinajstić information content (AvgIpc) is 2.33. The van der Waals surface area contributed by atoms with E-state index in [1.807, 2.05) is 12.1 Å². The second-order valence-corrected chi connectivity index (χ2v) is 6.58. The molecule has 1 aromatic rings. The minimum atomic E-state index is 0.134. The molecule has 0 aromatic heterocycles. The van der Waals surface area contributed by atoms with Gasteiger partial charge >= 0.3 is 0 Å². The lowest BCUT2D eigenvalue weighted by molar-refractivity contribution is -0.904. The quantitative estimate of drug-likeness (QED) is 0.866. The number of nitrogens with one attached hydrogen (secondary N) is 2. The van der Waals surface area contributed by atoms with E-state index >= 15 is 0 Å². The van der Waals surface area contributed by atoms with Gasteiger partial charge < -0.3 is 10.2 Å². The molecule has 3 nitrogen and oxygen atoms in total. The van der Waals surface area contributed by atoms with Gasteiger partial charge in [0, 0.05) is 17.5 Å². The summed E-state index contributed by atoms with van der Waals surface area (Å²) in [5, 5.41) is 3.07. The van der Waals surface area contributed by atoms with Crippen molar-refractivity contribution in [2.75, 3.05) is 25.0 Å². The molecule has 1 amide bonds. The third-order valence-corrected chi connectivity index (χ3v) is 4.37. The van der Waals surface area contributed by atoms with Gasteiger partial charge in [-0.2, -0.15) is 0 Å². The van der Waals surface area contributed by atoms with E-state index in [0.717, 1.165) is 36.2 Å². The maximum Gasteiger partial charge on any atom is 0.279 e. The van der Waals surface area contributed by atoms with E-state index in [1.54, 1.807) is 0 Å². The molecule has 110 valence electrons. The highest BCUT2D eigenvalue weighted by Gasteiger charge is 2.26. The van der Waals surface area contributed by atoms with Crippen molar-refractivity contribution in [3.05, 3.63) is 29.3 Å². The van der Waals surface area contributed by atoms with Gasteiger partial charge in [-0.25, -0.2) is 0 Å². The largest absolute Gasteiger partial charge is 0.327 e. The van der Waals surface area contributed by atoms with E-state index in [4.69, 9.17) is 0 Å². The first kappa shape index (κ1) is 15.0. The number of rotatable bonds is 3. The van der Waals surface area contributed by atoms with Crippen molar-refractivity contribution >= 4 is 11.6 Å². The van der Waals surface area contributed by atoms with Gasteiger partial charge in [-0.15, -0.1) is 0 Å². The van der Waals surface area contributed by atoms with Crippen LogP contribution in [0.5, 0.6) is 0 Å². The fourth-order valence-electron chi connectivity index (χ4n) is 3.37. The summed E-state index contributed by atoms with van der Waals surface area (Å²) in [5.41, 5.74) is 3.33. The minimum Gasteiger partial charge on any atom is -0.327 e. The molecule has 20 heavy (non-hydrogen) atoms. The van der Waals surface area contributed by atoms with Crippen LogP contribution in [0.4, 0.5) is 5.69 Å². The summed E-state index contributed by atoms with van der Waals surface area (Å²) < 4.78 is 0. The summed E-state index contributed by atoms with van der Waals surface area (Å²) in [6.07, 6.45) is 1.29. The molecule has 2 rings (SSSR count). The molecule has 1 heterocycles. The SMILES string of the molecule is Cc1cccc(NC(=O)C[NH+]2C[C@H](C)C[C@H](C)C2)c1C. The standard InChI is InChI=1S/C17H26N2O/c1-12-8-13(2)10-19(9-12)11-17(20)18-16-7-5-6-14(3)15(16)4/h5-7,12-13H,8-11H2,1-4H3,(H,18,20)/p+1/t12-,13+. The van der Waals surface area contributed by atoms with Crippen LogP contribution < -0.4 is 10.2 Å². The lowest BCUT2D eigenvalue weighted by atomic mass is 9.92. The van der Waals surface area contributed by atoms with E-state index < -0.39 is 0 Å². The van der Waals surface area contributed by atoms with Crippen molar-refractivity contribution in [2.45, 2.75) is 34.1 Å². The van der Waals surface area contributed by atoms with Crippen LogP contribution in [-0.2, 0) is 4.79 Å². The molecule has 0 spiro atoms. The Hall–Kier alpha value is -1.35. The molecule has 1 aliphatic rings. The highest BCUT2D eigenvalue weighted by Crippen LogP contribution is 2.17. The Bertz CT molecular complexity index is 474. The molecule has 1 fully saturated rings. The fourth-order valence-corrected chi connectivity index (χ4v) is 3.37. The summed E-state index contributed by atoms with van der Waals surface area (Å²) in [6, 6.07) is 6.05. The van der Waals surface area contributed by atoms with Crippen LogP contribution in [0.25, 0.3) is 0 Å². The average molecular weight is 275 g/mol. The van der Waals surface area contributed by atoms with Gasteiger partial charge in [0.05, 0.1) is 13.1 Å². The monoisotopic (exact) mass is 275 g/mol. The van der Waals surface area contributed by atoms with Crippen molar-refractivity contribution in [1.82, 2.24) is 0 Å². The Kier molecular flexibility index (Phi) is 4.81. The van der Waals surface area contributed by atoms with E-state index in [1.165, 1.54) is 16.9 Å². The van der Waals surface area contributed by atoms with Crippen LogP contribution >= 0.6 is 0 Å². The van der Waals surface area contributed by atoms with E-state index in [9.17, 15) is 4.79 Å². The molecule has 3 heteroatoms. The number of hydrogen-bond donors (Lipinski definition) is 2. The second-order valence-electron chi connectivity index (χ2n) is 6.58. The molecule has 0 bridgehead atoms. The molecule has 0 aliphatic carbocycles. The third kappa shape index (κ3) is 3.83. The molecule has 1 saturated heterocycles. The van der Waals surface area contributed by atoms with Crippen molar-refractivity contribution in [2.24, 2.45) is 11.8 Å². The number of piperidine rings is 1. The normalized spacial score (nSPS) is 26.3. The maximum atomic E-state index is 12.2. The first-order valence-electron chi connectivity index (χ1n) is 7.65. The first-order valence-corrected chi connectivity index (χ1v) is 7.65. The third-order valence-electron chi connectivity index (χ3n) is 4.37. The van der Waals surface area contributed by atoms with Gasteiger partial charge in [0.25, 0.3) is 5.91 Å². The summed E-state index contributed by atoms with van der Waals surface area (Å²) in [6.45, 7) is 11.5. The van der Waals surface area contributed by atoms with Crippen molar-refractivity contribution < 1.29 is 9.69 Å². The Balaban J connectivity index is 1.94. The molecule has 0 radical (unpaired) electrons. The number of quaternary nitrogens is 1. The van der Waals surface area contributed by atoms with Gasteiger partial charge in [-0.3, -0.25) is 4.79 Å². The van der Waals surface area contributed by atoms with E-state index in [0.29, 0.717) is 6.54 Å². The predicted molar refractivity (Wildman–Crippen MR) is 83.1 cm³/mol. The van der Waals surface area contributed by atoms with Crippen LogP contribution in [0.1, 0.15) is 31.4 Å². The number of aryl methyl sites for hydroxylation is 1. The molecule has 1 aliphatic heterocycles. The molecule has 2 N–H and O–H groups in total. The van der Waals surface area contributed by atoms with Crippen molar-refractivity contribution in [3.63, 3.8) is 0 Å². The van der Waals surface area contributed by atoms with Gasteiger partial charge in [0.1, 0.15) is 0 Å². The Labute approximate surface area is 122 Å². The number of amides is 1. The Morgan fingerprint density at radius 2 is 1.90 bits per heavy atom. The molecular formula is C17H27N2O+. The smallest absolute Gasteiger partial charge is 0.279 e. The van der Waals surface area contributed by atoms with Gasteiger partial charge in [0.2, 0.25) is 0 Å². The van der Waals surface area contributed by atoms with Gasteiger partial charge in [-0.05, 0) is 37.5 Å². The zero-order chi connectivity index (χ0) is 14.7. The number of benzene rings is 1. The summed E-state index contributed by atoms with van der Waals surface area (Å²) >= 11 is 0. The lowest BCUT2D eigenvalue weighted by Crippen LogP contribution is -3.15. The molecule has 3 atom stereocenters. The highest BCUT2D eigenvalue weighted by molar-refractivity contribution is 5.92. The molecular weight excluding hydrogens is 248 g/mol. The molecule has 1 unspecified atom stereocenters. The number of likely N-dealkylation sites (tertiary alicyclic amines) is 1. The van der Waals surface area contributed by atoms with Crippen molar-refractivity contribution in [1.29, 1.82) is 0 Å². The van der Waals surface area contributed by atoms with Crippen LogP contribution in [0.15, 0.2) is 18.2 Å². The Morgan fingerprint density at radius 3 is 2.55 bits per heavy atom. The van der Waals surface area contributed by atoms with Crippen LogP contribution in [0.2, 0.25) is 0 Å². The van der Waals surface area contributed by atoms with E-state index in [2.05, 4.69) is 39.1 Å². The zero-order valence-electron chi connectivity index (χ0n) is 13.1. The van der Waals surface area contributed by atoms with Crippen LogP contribution in [-0.4, -0.2) is 25.5 Å². The van der Waals surface area contributed by atoms with Gasteiger partial charge in [0.15, 0.2) is 6.54 Å². The Morgan fingerprint density at radius 1 is 1.25 bits per heavy atom. The minimum absolute atomic E-state index is 0.134. The lowest BCUT2D eigenvalue weighted by Gasteiger charge is -2.31. The van der Waals surface area contributed by atoms with Crippen molar-refractivity contribution in [3.8, 4) is 0 Å². The number of carbonyl (C=O) groups excluding carboxylic acids is 1. The topological polar surface area (TPSA) is 33.5 Å². The van der Waals surface area contributed by atoms with Crippen LogP contribution in [0, 0.1) is 25.7 Å². The number of anilines is 1.